The maximum atomic E-state index is 12.6. The van der Waals surface area contributed by atoms with E-state index in [1.54, 1.807) is 0 Å². The lowest BCUT2D eigenvalue weighted by Crippen LogP contribution is -2.44. The van der Waals surface area contributed by atoms with Gasteiger partial charge in [0.2, 0.25) is 11.9 Å². The molecule has 0 aliphatic carbocycles. The number of anilines is 1. The fourth-order valence-corrected chi connectivity index (χ4v) is 2.88. The lowest BCUT2D eigenvalue weighted by molar-refractivity contribution is -0.122. The number of guanidine groups is 1. The van der Waals surface area contributed by atoms with E-state index >= 15 is 0 Å². The molecular weight excluding hydrogens is 374 g/mol. The molecule has 0 aliphatic heterocycles. The van der Waals surface area contributed by atoms with Crippen LogP contribution < -0.4 is 16.0 Å². The van der Waals surface area contributed by atoms with E-state index in [4.69, 9.17) is 5.26 Å². The summed E-state index contributed by atoms with van der Waals surface area (Å²) < 4.78 is 0. The summed E-state index contributed by atoms with van der Waals surface area (Å²) in [4.78, 5) is 17.2. The van der Waals surface area contributed by atoms with Crippen molar-refractivity contribution in [2.45, 2.75) is 53.1 Å². The molecule has 0 spiro atoms. The molecule has 3 N–H and O–H groups in total. The number of carbonyl (C=O) groups is 1. The third-order valence-corrected chi connectivity index (χ3v) is 4.66. The van der Waals surface area contributed by atoms with E-state index in [9.17, 15) is 4.79 Å². The molecule has 1 amide bonds. The smallest absolute Gasteiger partial charge is 0.221 e. The van der Waals surface area contributed by atoms with Crippen LogP contribution in [0.5, 0.6) is 0 Å². The van der Waals surface area contributed by atoms with Crippen LogP contribution >= 0.6 is 0 Å². The highest BCUT2D eigenvalue weighted by atomic mass is 16.1. The topological polar surface area (TPSA) is 89.3 Å². The summed E-state index contributed by atoms with van der Waals surface area (Å²) in [5, 5.41) is 17.9. The Morgan fingerprint density at radius 3 is 2.40 bits per heavy atom. The van der Waals surface area contributed by atoms with E-state index in [0.29, 0.717) is 12.4 Å². The number of hydrogen-bond donors (Lipinski definition) is 3. The molecule has 2 rings (SSSR count). The van der Waals surface area contributed by atoms with Crippen LogP contribution in [0.4, 0.5) is 5.69 Å². The molecule has 0 aliphatic rings. The van der Waals surface area contributed by atoms with Gasteiger partial charge in [-0.2, -0.15) is 5.26 Å². The van der Waals surface area contributed by atoms with Crippen molar-refractivity contribution in [1.29, 1.82) is 5.26 Å². The zero-order valence-corrected chi connectivity index (χ0v) is 18.2. The van der Waals surface area contributed by atoms with E-state index in [0.717, 1.165) is 24.1 Å². The van der Waals surface area contributed by atoms with Gasteiger partial charge in [-0.3, -0.25) is 10.1 Å². The molecule has 2 aromatic carbocycles. The second kappa shape index (κ2) is 11.0. The van der Waals surface area contributed by atoms with Gasteiger partial charge in [0.05, 0.1) is 0 Å². The molecule has 0 heterocycles. The van der Waals surface area contributed by atoms with Gasteiger partial charge < -0.3 is 10.6 Å². The number of nitrogens with zero attached hydrogens (tertiary/aromatic N) is 2. The van der Waals surface area contributed by atoms with E-state index in [1.165, 1.54) is 5.56 Å². The number of nitrogens with one attached hydrogen (secondary N) is 3. The second-order valence-electron chi connectivity index (χ2n) is 8.33. The van der Waals surface area contributed by atoms with Gasteiger partial charge in [-0.15, -0.1) is 0 Å². The summed E-state index contributed by atoms with van der Waals surface area (Å²) in [6.07, 6.45) is 3.46. The number of para-hydroxylation sites is 1. The van der Waals surface area contributed by atoms with E-state index < -0.39 is 6.17 Å². The minimum Gasteiger partial charge on any atom is -0.334 e. The Balaban J connectivity index is 2.06. The Hall–Kier alpha value is -3.33. The Bertz CT molecular complexity index is 894. The average molecular weight is 406 g/mol. The highest BCUT2D eigenvalue weighted by Gasteiger charge is 2.26. The number of benzene rings is 2. The first-order valence-corrected chi connectivity index (χ1v) is 10.2. The molecular formula is C24H31N5O. The monoisotopic (exact) mass is 405 g/mol. The van der Waals surface area contributed by atoms with Crippen LogP contribution in [0.3, 0.4) is 0 Å². The van der Waals surface area contributed by atoms with Crippen LogP contribution in [0.1, 0.15) is 44.7 Å². The number of aryl methyl sites for hydroxylation is 2. The molecule has 0 saturated heterocycles. The van der Waals surface area contributed by atoms with Gasteiger partial charge in [0, 0.05) is 17.5 Å². The minimum atomic E-state index is -0.492. The van der Waals surface area contributed by atoms with Crippen molar-refractivity contribution >= 4 is 17.6 Å². The molecule has 30 heavy (non-hydrogen) atoms. The Kier molecular flexibility index (Phi) is 8.42. The van der Waals surface area contributed by atoms with Crippen molar-refractivity contribution in [3.05, 3.63) is 65.7 Å². The van der Waals surface area contributed by atoms with E-state index in [2.05, 4.69) is 33.1 Å². The van der Waals surface area contributed by atoms with Gasteiger partial charge in [-0.05, 0) is 37.0 Å². The second-order valence-corrected chi connectivity index (χ2v) is 8.33. The van der Waals surface area contributed by atoms with Crippen molar-refractivity contribution in [1.82, 2.24) is 10.6 Å². The third-order valence-electron chi connectivity index (χ3n) is 4.66. The first-order chi connectivity index (χ1) is 14.3. The summed E-state index contributed by atoms with van der Waals surface area (Å²) in [5.74, 6) is 0.248. The van der Waals surface area contributed by atoms with E-state index in [1.807, 2.05) is 76.4 Å². The Morgan fingerprint density at radius 1 is 1.10 bits per heavy atom. The molecule has 0 bridgehead atoms. The molecule has 0 radical (unpaired) electrons. The number of nitriles is 1. The molecule has 6 nitrogen and oxygen atoms in total. The maximum Gasteiger partial charge on any atom is 0.221 e. The fraction of sp³-hybridized carbons (Fsp3) is 0.375. The fourth-order valence-electron chi connectivity index (χ4n) is 2.88. The van der Waals surface area contributed by atoms with Crippen molar-refractivity contribution in [2.75, 3.05) is 5.32 Å². The molecule has 1 unspecified atom stereocenters. The summed E-state index contributed by atoms with van der Waals surface area (Å²) in [6, 6.07) is 17.9. The number of rotatable bonds is 7. The molecule has 0 saturated carbocycles. The van der Waals surface area contributed by atoms with Crippen LogP contribution in [0, 0.1) is 23.8 Å². The third kappa shape index (κ3) is 7.59. The van der Waals surface area contributed by atoms with Gasteiger partial charge in [-0.25, -0.2) is 4.99 Å². The van der Waals surface area contributed by atoms with Crippen LogP contribution in [-0.2, 0) is 11.2 Å². The van der Waals surface area contributed by atoms with Crippen LogP contribution in [-0.4, -0.2) is 18.0 Å². The largest absolute Gasteiger partial charge is 0.334 e. The zero-order valence-electron chi connectivity index (χ0n) is 18.2. The standard InChI is InChI=1S/C24H31N5O/c1-18-11-8-9-15-20(18)27-23(26-17-25)29-22(24(2,3)4)28-21(30)16-10-14-19-12-6-5-7-13-19/h5-9,11-13,15,22H,10,14,16H2,1-4H3,(H,28,30)(H2,26,27,29). The molecule has 158 valence electrons. The highest BCUT2D eigenvalue weighted by molar-refractivity contribution is 5.95. The summed E-state index contributed by atoms with van der Waals surface area (Å²) >= 11 is 0. The van der Waals surface area contributed by atoms with Crippen LogP contribution in [0.15, 0.2) is 59.6 Å². The lowest BCUT2D eigenvalue weighted by atomic mass is 9.92. The van der Waals surface area contributed by atoms with Gasteiger partial charge in [0.1, 0.15) is 6.17 Å². The molecule has 2 aromatic rings. The van der Waals surface area contributed by atoms with Crippen molar-refractivity contribution in [2.24, 2.45) is 10.4 Å². The Labute approximate surface area is 179 Å². The number of amides is 1. The summed E-state index contributed by atoms with van der Waals surface area (Å²) in [7, 11) is 0. The molecule has 1 atom stereocenters. The average Bonchev–Trinajstić information content (AvgIpc) is 2.69. The van der Waals surface area contributed by atoms with Crippen molar-refractivity contribution < 1.29 is 4.79 Å². The van der Waals surface area contributed by atoms with Crippen molar-refractivity contribution in [3.63, 3.8) is 0 Å². The van der Waals surface area contributed by atoms with Crippen LogP contribution in [0.2, 0.25) is 0 Å². The highest BCUT2D eigenvalue weighted by Crippen LogP contribution is 2.21. The molecule has 0 fully saturated rings. The van der Waals surface area contributed by atoms with Gasteiger partial charge in [-0.1, -0.05) is 69.3 Å². The SMILES string of the molecule is Cc1ccccc1NC(=NC(NC(=O)CCCc1ccccc1)C(C)(C)C)NC#N. The molecule has 0 aromatic heterocycles. The predicted octanol–water partition coefficient (Wildman–Crippen LogP) is 4.34. The number of hydrogen-bond acceptors (Lipinski definition) is 3. The number of aliphatic imine (C=N–C) groups is 1. The van der Waals surface area contributed by atoms with Gasteiger partial charge in [0.15, 0.2) is 6.19 Å². The Morgan fingerprint density at radius 2 is 1.77 bits per heavy atom. The predicted molar refractivity (Wildman–Crippen MR) is 122 cm³/mol. The summed E-state index contributed by atoms with van der Waals surface area (Å²) in [5.41, 5.74) is 2.77. The quantitative estimate of drug-likeness (QED) is 0.277. The lowest BCUT2D eigenvalue weighted by Gasteiger charge is -2.29. The van der Waals surface area contributed by atoms with Crippen molar-refractivity contribution in [3.8, 4) is 6.19 Å². The molecule has 6 heteroatoms. The summed E-state index contributed by atoms with van der Waals surface area (Å²) in [6.45, 7) is 7.98. The number of carbonyl (C=O) groups excluding carboxylic acids is 1. The van der Waals surface area contributed by atoms with Gasteiger partial charge in [0.25, 0.3) is 0 Å². The normalized spacial score (nSPS) is 12.6. The first kappa shape index (κ1) is 23.0. The zero-order chi connectivity index (χ0) is 22.0. The van der Waals surface area contributed by atoms with Crippen LogP contribution in [0.25, 0.3) is 0 Å². The van der Waals surface area contributed by atoms with Gasteiger partial charge >= 0.3 is 0 Å². The maximum absolute atomic E-state index is 12.6. The van der Waals surface area contributed by atoms with E-state index in [-0.39, 0.29) is 11.3 Å². The first-order valence-electron chi connectivity index (χ1n) is 10.2. The minimum absolute atomic E-state index is 0.0539.